The summed E-state index contributed by atoms with van der Waals surface area (Å²) in [4.78, 5) is 28.3. The van der Waals surface area contributed by atoms with E-state index in [0.717, 1.165) is 73.7 Å². The molecule has 17 heteroatoms. The third kappa shape index (κ3) is 15.7. The van der Waals surface area contributed by atoms with Crippen molar-refractivity contribution in [1.29, 1.82) is 0 Å². The monoisotopic (exact) mass is 989 g/mol. The number of piperidine rings is 2. The molecule has 4 atom stereocenters. The average molecular weight is 992 g/mol. The molecule has 0 spiro atoms. The standard InChI is InChI=1S/C24H30ClN3O3S.C16H23ClN2.C8H8O4S.ClH/c1-32(30,31)21-4-2-3-20(16-21)26-24(29)27-22-9-10-23(22)28-13-11-18(12-14-28)15-17-5-7-19(25)8-6-17;17-14-3-1-12(2-4-14)11-13-7-9-19(10-8-13)16-6-5-15(16)18;1-13(11,12)7-4-2-6(3-5-7)8(9)10;/h2-8,16,18,22-23H,9-15H2,1H3,(H2,26,27,29);1-4,13,15-16H,5-11,18H2;2-5H,1H3,(H,9,10);1H/t22-,23+;15-,16+;;/m11../s1. The van der Waals surface area contributed by atoms with Crippen LogP contribution in [-0.4, -0.2) is 107 Å². The summed E-state index contributed by atoms with van der Waals surface area (Å²) in [5, 5.41) is 16.0. The van der Waals surface area contributed by atoms with Gasteiger partial charge in [0.25, 0.3) is 0 Å². The maximum absolute atomic E-state index is 12.5. The van der Waals surface area contributed by atoms with E-state index < -0.39 is 25.6 Å². The van der Waals surface area contributed by atoms with E-state index in [1.54, 1.807) is 12.1 Å². The van der Waals surface area contributed by atoms with Crippen LogP contribution in [0.2, 0.25) is 10.0 Å². The minimum atomic E-state index is -3.31. The molecule has 0 radical (unpaired) electrons. The molecule has 0 bridgehead atoms. The molecule has 2 saturated heterocycles. The molecular weight excluding hydrogens is 929 g/mol. The summed E-state index contributed by atoms with van der Waals surface area (Å²) in [6.45, 7) is 4.57. The number of amides is 2. The summed E-state index contributed by atoms with van der Waals surface area (Å²) in [5.74, 6) is 0.443. The van der Waals surface area contributed by atoms with Crippen molar-refractivity contribution in [2.45, 2.75) is 98.2 Å². The predicted octanol–water partition coefficient (Wildman–Crippen LogP) is 8.65. The fraction of sp³-hybridized carbons (Fsp3) is 0.458. The van der Waals surface area contributed by atoms with E-state index >= 15 is 0 Å². The lowest BCUT2D eigenvalue weighted by molar-refractivity contribution is 0.0581. The first-order valence-electron chi connectivity index (χ1n) is 22.0. The maximum Gasteiger partial charge on any atom is 0.335 e. The van der Waals surface area contributed by atoms with Crippen LogP contribution in [0.3, 0.4) is 0 Å². The molecule has 2 heterocycles. The molecule has 8 rings (SSSR count). The van der Waals surface area contributed by atoms with Crippen LogP contribution in [0.1, 0.15) is 72.9 Å². The van der Waals surface area contributed by atoms with Crippen molar-refractivity contribution >= 4 is 73.0 Å². The second kappa shape index (κ2) is 23.8. The maximum atomic E-state index is 12.5. The van der Waals surface area contributed by atoms with Gasteiger partial charge in [-0.3, -0.25) is 9.80 Å². The zero-order valence-corrected chi connectivity index (χ0v) is 40.9. The van der Waals surface area contributed by atoms with Crippen molar-refractivity contribution in [2.75, 3.05) is 44.0 Å². The molecule has 4 aromatic carbocycles. The van der Waals surface area contributed by atoms with Crippen LogP contribution in [0.25, 0.3) is 0 Å². The molecule has 0 unspecified atom stereocenters. The fourth-order valence-electron chi connectivity index (χ4n) is 8.92. The van der Waals surface area contributed by atoms with Crippen LogP contribution in [0.15, 0.2) is 107 Å². The third-order valence-corrected chi connectivity index (χ3v) is 15.7. The molecular formula is C48H62Cl3N5O7S2. The molecule has 65 heavy (non-hydrogen) atoms. The van der Waals surface area contributed by atoms with Gasteiger partial charge in [-0.1, -0.05) is 53.5 Å². The van der Waals surface area contributed by atoms with Gasteiger partial charge in [0, 0.05) is 52.4 Å². The highest BCUT2D eigenvalue weighted by molar-refractivity contribution is 7.91. The highest BCUT2D eigenvalue weighted by Crippen LogP contribution is 2.32. The lowest BCUT2D eigenvalue weighted by atomic mass is 9.82. The minimum absolute atomic E-state index is 0. The smallest absolute Gasteiger partial charge is 0.335 e. The molecule has 4 aromatic rings. The molecule has 5 N–H and O–H groups in total. The number of sulfone groups is 2. The summed E-state index contributed by atoms with van der Waals surface area (Å²) in [6, 6.07) is 29.2. The summed E-state index contributed by atoms with van der Waals surface area (Å²) in [5.41, 5.74) is 9.38. The van der Waals surface area contributed by atoms with E-state index in [4.69, 9.17) is 34.0 Å². The van der Waals surface area contributed by atoms with Crippen LogP contribution in [0.5, 0.6) is 0 Å². The summed E-state index contributed by atoms with van der Waals surface area (Å²) in [7, 11) is -6.55. The zero-order valence-electron chi connectivity index (χ0n) is 37.0. The lowest BCUT2D eigenvalue weighted by Crippen LogP contribution is -2.60. The molecule has 2 amide bonds. The number of rotatable bonds is 11. The Morgan fingerprint density at radius 2 is 1.12 bits per heavy atom. The number of carboxylic acids is 1. The number of nitrogens with two attached hydrogens (primary N) is 1. The number of hydrogen-bond acceptors (Lipinski definition) is 9. The van der Waals surface area contributed by atoms with Gasteiger partial charge in [0.1, 0.15) is 0 Å². The summed E-state index contributed by atoms with van der Waals surface area (Å²) < 4.78 is 45.4. The topological polar surface area (TPSA) is 179 Å². The predicted molar refractivity (Wildman–Crippen MR) is 262 cm³/mol. The highest BCUT2D eigenvalue weighted by atomic mass is 35.5. The van der Waals surface area contributed by atoms with Crippen molar-refractivity contribution in [3.8, 4) is 0 Å². The number of benzene rings is 4. The number of anilines is 1. The number of carbonyl (C=O) groups excluding carboxylic acids is 1. The Balaban J connectivity index is 0.000000203. The van der Waals surface area contributed by atoms with Crippen LogP contribution in [0, 0.1) is 11.8 Å². The van der Waals surface area contributed by atoms with Gasteiger partial charge in [-0.25, -0.2) is 26.4 Å². The molecule has 354 valence electrons. The van der Waals surface area contributed by atoms with Crippen LogP contribution < -0.4 is 16.4 Å². The number of nitrogens with zero attached hydrogens (tertiary/aromatic N) is 2. The normalized spacial score (nSPS) is 21.7. The van der Waals surface area contributed by atoms with E-state index in [9.17, 15) is 26.4 Å². The van der Waals surface area contributed by atoms with Crippen molar-refractivity contribution < 1.29 is 31.5 Å². The number of urea groups is 1. The van der Waals surface area contributed by atoms with Crippen molar-refractivity contribution in [3.63, 3.8) is 0 Å². The highest BCUT2D eigenvalue weighted by Gasteiger charge is 2.38. The van der Waals surface area contributed by atoms with E-state index in [1.807, 2.05) is 24.3 Å². The van der Waals surface area contributed by atoms with Gasteiger partial charge in [-0.15, -0.1) is 12.4 Å². The van der Waals surface area contributed by atoms with Gasteiger partial charge in [-0.2, -0.15) is 0 Å². The molecule has 0 aromatic heterocycles. The molecule has 2 aliphatic heterocycles. The second-order valence-electron chi connectivity index (χ2n) is 17.7. The van der Waals surface area contributed by atoms with E-state index in [-0.39, 0.29) is 39.8 Å². The Labute approximate surface area is 400 Å². The summed E-state index contributed by atoms with van der Waals surface area (Å²) >= 11 is 11.9. The Hall–Kier alpha value is -3.73. The van der Waals surface area contributed by atoms with Crippen LogP contribution in [0.4, 0.5) is 10.5 Å². The third-order valence-electron chi connectivity index (χ3n) is 13.0. The van der Waals surface area contributed by atoms with Crippen molar-refractivity contribution in [1.82, 2.24) is 15.1 Å². The number of hydrogen-bond donors (Lipinski definition) is 4. The number of halogens is 3. The number of likely N-dealkylation sites (tertiary alicyclic amines) is 2. The molecule has 4 fully saturated rings. The van der Waals surface area contributed by atoms with E-state index in [2.05, 4.69) is 44.7 Å². The van der Waals surface area contributed by atoms with Crippen LogP contribution >= 0.6 is 35.6 Å². The number of nitrogens with one attached hydrogen (secondary N) is 2. The number of carbonyl (C=O) groups is 2. The first-order chi connectivity index (χ1) is 30.4. The largest absolute Gasteiger partial charge is 0.478 e. The second-order valence-corrected chi connectivity index (χ2v) is 22.6. The molecule has 12 nitrogen and oxygen atoms in total. The van der Waals surface area contributed by atoms with Gasteiger partial charge >= 0.3 is 12.0 Å². The van der Waals surface area contributed by atoms with Crippen molar-refractivity contribution in [2.24, 2.45) is 17.6 Å². The van der Waals surface area contributed by atoms with Gasteiger partial charge in [0.05, 0.1) is 15.4 Å². The Morgan fingerprint density at radius 1 is 0.646 bits per heavy atom. The van der Waals surface area contributed by atoms with E-state index in [1.165, 1.54) is 92.7 Å². The average Bonchev–Trinajstić information content (AvgIpc) is 3.25. The number of carboxylic acid groups (broad SMARTS) is 1. The summed E-state index contributed by atoms with van der Waals surface area (Å²) in [6.07, 6.45) is 14.0. The van der Waals surface area contributed by atoms with Gasteiger partial charge in [0.15, 0.2) is 19.7 Å². The Kier molecular flexibility index (Phi) is 19.1. The lowest BCUT2D eigenvalue weighted by Gasteiger charge is -2.47. The molecule has 2 saturated carbocycles. The SMILES string of the molecule is CS(=O)(=O)c1ccc(C(=O)O)cc1.CS(=O)(=O)c1cccc(NC(=O)N[C@@H]2CC[C@@H]2N2CCC(Cc3ccc(Cl)cc3)CC2)c1.Cl.N[C@@H]1CC[C@@H]1N1CCC(Cc2ccc(Cl)cc2)CC1. The Morgan fingerprint density at radius 3 is 1.52 bits per heavy atom. The first-order valence-corrected chi connectivity index (χ1v) is 26.6. The first kappa shape index (κ1) is 52.2. The van der Waals surface area contributed by atoms with Gasteiger partial charge < -0.3 is 21.5 Å². The van der Waals surface area contributed by atoms with Crippen molar-refractivity contribution in [3.05, 3.63) is 124 Å². The number of aromatic carboxylic acids is 1. The van der Waals surface area contributed by atoms with Gasteiger partial charge in [0.2, 0.25) is 0 Å². The fourth-order valence-corrected chi connectivity index (χ4v) is 10.5. The van der Waals surface area contributed by atoms with Gasteiger partial charge in [-0.05, 0) is 180 Å². The molecule has 4 aliphatic rings. The quantitative estimate of drug-likeness (QED) is 0.114. The molecule has 2 aliphatic carbocycles. The van der Waals surface area contributed by atoms with Crippen LogP contribution in [-0.2, 0) is 32.5 Å². The Bertz CT molecular complexity index is 2390. The minimum Gasteiger partial charge on any atom is -0.478 e. The zero-order chi connectivity index (χ0) is 46.0. The van der Waals surface area contributed by atoms with E-state index in [0.29, 0.717) is 29.7 Å².